The lowest BCUT2D eigenvalue weighted by Gasteiger charge is -2.06. The van der Waals surface area contributed by atoms with Gasteiger partial charge in [-0.15, -0.1) is 0 Å². The van der Waals surface area contributed by atoms with Crippen LogP contribution in [0.5, 0.6) is 5.75 Å². The largest absolute Gasteiger partial charge is 0.508 e. The Balaban J connectivity index is 3.10. The Hall–Kier alpha value is -0.0600. The Labute approximate surface area is 87.8 Å². The number of aromatic hydroxyl groups is 1. The molecular formula is C8H8Br2O2. The summed E-state index contributed by atoms with van der Waals surface area (Å²) in [7, 11) is 1.63. The van der Waals surface area contributed by atoms with Crippen LogP contribution in [0.25, 0.3) is 0 Å². The van der Waals surface area contributed by atoms with E-state index in [0.717, 1.165) is 14.5 Å². The lowest BCUT2D eigenvalue weighted by molar-refractivity contribution is 0.183. The van der Waals surface area contributed by atoms with E-state index in [0.29, 0.717) is 6.61 Å². The maximum absolute atomic E-state index is 9.19. The van der Waals surface area contributed by atoms with E-state index in [1.807, 2.05) is 0 Å². The lowest BCUT2D eigenvalue weighted by Crippen LogP contribution is -1.90. The minimum Gasteiger partial charge on any atom is -0.508 e. The topological polar surface area (TPSA) is 29.5 Å². The molecule has 0 aliphatic rings. The first-order chi connectivity index (χ1) is 5.65. The molecule has 2 nitrogen and oxygen atoms in total. The van der Waals surface area contributed by atoms with Gasteiger partial charge in [0.05, 0.1) is 6.61 Å². The molecule has 0 fully saturated rings. The molecule has 4 heteroatoms. The van der Waals surface area contributed by atoms with Crippen LogP contribution in [0.1, 0.15) is 5.56 Å². The maximum Gasteiger partial charge on any atom is 0.117 e. The van der Waals surface area contributed by atoms with Crippen LogP contribution in [-0.4, -0.2) is 12.2 Å². The summed E-state index contributed by atoms with van der Waals surface area (Å²) in [5.41, 5.74) is 0.996. The number of benzene rings is 1. The molecule has 0 aliphatic carbocycles. The summed E-state index contributed by atoms with van der Waals surface area (Å²) in [5, 5.41) is 9.19. The molecule has 0 atom stereocenters. The number of phenolic OH excluding ortho intramolecular Hbond substituents is 1. The van der Waals surface area contributed by atoms with Crippen molar-refractivity contribution in [3.63, 3.8) is 0 Å². The number of hydrogen-bond donors (Lipinski definition) is 1. The van der Waals surface area contributed by atoms with Gasteiger partial charge < -0.3 is 9.84 Å². The van der Waals surface area contributed by atoms with Crippen LogP contribution in [-0.2, 0) is 11.3 Å². The smallest absolute Gasteiger partial charge is 0.117 e. The molecule has 0 aliphatic heterocycles. The van der Waals surface area contributed by atoms with Gasteiger partial charge >= 0.3 is 0 Å². The summed E-state index contributed by atoms with van der Waals surface area (Å²) < 4.78 is 6.68. The van der Waals surface area contributed by atoms with Gasteiger partial charge in [0, 0.05) is 21.6 Å². The van der Waals surface area contributed by atoms with Crippen molar-refractivity contribution in [3.8, 4) is 5.75 Å². The first kappa shape index (κ1) is 10.0. The second-order valence-electron chi connectivity index (χ2n) is 2.32. The van der Waals surface area contributed by atoms with Crippen molar-refractivity contribution < 1.29 is 9.84 Å². The van der Waals surface area contributed by atoms with Gasteiger partial charge in [-0.05, 0) is 12.1 Å². The fourth-order valence-corrected chi connectivity index (χ4v) is 2.26. The highest BCUT2D eigenvalue weighted by Gasteiger charge is 2.06. The molecule has 0 spiro atoms. The number of rotatable bonds is 2. The quantitative estimate of drug-likeness (QED) is 0.909. The average molecular weight is 296 g/mol. The Morgan fingerprint density at radius 3 is 2.25 bits per heavy atom. The van der Waals surface area contributed by atoms with Gasteiger partial charge in [0.2, 0.25) is 0 Å². The number of halogens is 2. The van der Waals surface area contributed by atoms with E-state index < -0.39 is 0 Å². The second-order valence-corrected chi connectivity index (χ2v) is 4.03. The molecule has 1 N–H and O–H groups in total. The summed E-state index contributed by atoms with van der Waals surface area (Å²) in [4.78, 5) is 0. The Kier molecular flexibility index (Phi) is 3.55. The van der Waals surface area contributed by atoms with Crippen molar-refractivity contribution in [3.05, 3.63) is 26.6 Å². The molecule has 0 unspecified atom stereocenters. The van der Waals surface area contributed by atoms with Gasteiger partial charge in [0.25, 0.3) is 0 Å². The monoisotopic (exact) mass is 294 g/mol. The van der Waals surface area contributed by atoms with E-state index in [4.69, 9.17) is 4.74 Å². The normalized spacial score (nSPS) is 10.2. The van der Waals surface area contributed by atoms with Crippen molar-refractivity contribution in [2.24, 2.45) is 0 Å². The van der Waals surface area contributed by atoms with Crippen molar-refractivity contribution in [2.45, 2.75) is 6.61 Å². The fraction of sp³-hybridized carbons (Fsp3) is 0.250. The van der Waals surface area contributed by atoms with Crippen LogP contribution in [0.15, 0.2) is 21.1 Å². The molecule has 66 valence electrons. The highest BCUT2D eigenvalue weighted by Crippen LogP contribution is 2.30. The van der Waals surface area contributed by atoms with E-state index in [1.165, 1.54) is 0 Å². The zero-order chi connectivity index (χ0) is 9.14. The number of ether oxygens (including phenoxy) is 1. The first-order valence-electron chi connectivity index (χ1n) is 3.31. The molecule has 0 aromatic heterocycles. The van der Waals surface area contributed by atoms with E-state index in [9.17, 15) is 5.11 Å². The molecular weight excluding hydrogens is 288 g/mol. The van der Waals surface area contributed by atoms with Crippen molar-refractivity contribution in [1.29, 1.82) is 0 Å². The van der Waals surface area contributed by atoms with Crippen molar-refractivity contribution >= 4 is 31.9 Å². The summed E-state index contributed by atoms with van der Waals surface area (Å²) in [6.45, 7) is 0.515. The molecule has 0 heterocycles. The van der Waals surface area contributed by atoms with E-state index >= 15 is 0 Å². The Morgan fingerprint density at radius 1 is 1.33 bits per heavy atom. The van der Waals surface area contributed by atoms with Crippen LogP contribution < -0.4 is 0 Å². The fourth-order valence-electron chi connectivity index (χ4n) is 0.872. The summed E-state index contributed by atoms with van der Waals surface area (Å²) in [6.07, 6.45) is 0. The van der Waals surface area contributed by atoms with E-state index in [2.05, 4.69) is 31.9 Å². The minimum atomic E-state index is 0.230. The minimum absolute atomic E-state index is 0.230. The van der Waals surface area contributed by atoms with Gasteiger partial charge in [-0.1, -0.05) is 31.9 Å². The van der Waals surface area contributed by atoms with E-state index in [1.54, 1.807) is 19.2 Å². The van der Waals surface area contributed by atoms with Gasteiger partial charge in [-0.2, -0.15) is 0 Å². The third-order valence-electron chi connectivity index (χ3n) is 1.41. The Bertz CT molecular complexity index is 263. The molecule has 12 heavy (non-hydrogen) atoms. The zero-order valence-electron chi connectivity index (χ0n) is 6.47. The van der Waals surface area contributed by atoms with Gasteiger partial charge in [0.15, 0.2) is 0 Å². The third kappa shape index (κ3) is 2.21. The third-order valence-corrected chi connectivity index (χ3v) is 2.83. The predicted octanol–water partition coefficient (Wildman–Crippen LogP) is 3.06. The summed E-state index contributed by atoms with van der Waals surface area (Å²) in [6, 6.07) is 3.28. The van der Waals surface area contributed by atoms with Crippen molar-refractivity contribution in [2.75, 3.05) is 7.11 Å². The van der Waals surface area contributed by atoms with Crippen LogP contribution in [0.4, 0.5) is 0 Å². The maximum atomic E-state index is 9.19. The summed E-state index contributed by atoms with van der Waals surface area (Å²) in [5.74, 6) is 0.230. The second kappa shape index (κ2) is 4.25. The highest BCUT2D eigenvalue weighted by molar-refractivity contribution is 9.11. The van der Waals surface area contributed by atoms with Gasteiger partial charge in [-0.25, -0.2) is 0 Å². The molecule has 1 aromatic rings. The lowest BCUT2D eigenvalue weighted by atomic mass is 10.2. The molecule has 0 amide bonds. The molecule has 0 saturated carbocycles. The van der Waals surface area contributed by atoms with Crippen LogP contribution in [0.3, 0.4) is 0 Å². The van der Waals surface area contributed by atoms with Gasteiger partial charge in [0.1, 0.15) is 5.75 Å². The van der Waals surface area contributed by atoms with Gasteiger partial charge in [-0.3, -0.25) is 0 Å². The molecule has 0 bridgehead atoms. The van der Waals surface area contributed by atoms with Crippen molar-refractivity contribution in [1.82, 2.24) is 0 Å². The molecule has 1 aromatic carbocycles. The highest BCUT2D eigenvalue weighted by atomic mass is 79.9. The summed E-state index contributed by atoms with van der Waals surface area (Å²) >= 11 is 6.66. The van der Waals surface area contributed by atoms with E-state index in [-0.39, 0.29) is 5.75 Å². The zero-order valence-corrected chi connectivity index (χ0v) is 9.65. The average Bonchev–Trinajstić information content (AvgIpc) is 1.96. The van der Waals surface area contributed by atoms with Crippen LogP contribution in [0, 0.1) is 0 Å². The molecule has 1 rings (SSSR count). The molecule has 0 saturated heterocycles. The standard InChI is InChI=1S/C8H8Br2O2/c1-12-4-6-7(9)2-5(11)3-8(6)10/h2-3,11H,4H2,1H3. The number of methoxy groups -OCH3 is 1. The molecule has 0 radical (unpaired) electrons. The van der Waals surface area contributed by atoms with Crippen LogP contribution in [0.2, 0.25) is 0 Å². The predicted molar refractivity (Wildman–Crippen MR) is 54.2 cm³/mol. The SMILES string of the molecule is COCc1c(Br)cc(O)cc1Br. The Morgan fingerprint density at radius 2 is 1.83 bits per heavy atom. The first-order valence-corrected chi connectivity index (χ1v) is 4.89. The van der Waals surface area contributed by atoms with Crippen LogP contribution >= 0.6 is 31.9 Å². The number of hydrogen-bond acceptors (Lipinski definition) is 2. The number of phenols is 1.